The zero-order chi connectivity index (χ0) is 13.5. The molecule has 1 N–H and O–H groups in total. The summed E-state index contributed by atoms with van der Waals surface area (Å²) in [6.45, 7) is 2.11. The summed E-state index contributed by atoms with van der Waals surface area (Å²) in [6.07, 6.45) is 2.68. The minimum atomic E-state index is -0.255. The van der Waals surface area contributed by atoms with Crippen LogP contribution in [-0.4, -0.2) is 26.3 Å². The number of halogens is 2. The molecule has 0 saturated heterocycles. The second kappa shape index (κ2) is 7.72. The molecule has 0 spiro atoms. The molecule has 0 bridgehead atoms. The number of hydrogen-bond donors (Lipinski definition) is 1. The molecule has 0 aliphatic carbocycles. The average Bonchev–Trinajstić information content (AvgIpc) is 2.36. The number of ether oxygens (including phenoxy) is 1. The van der Waals surface area contributed by atoms with Crippen molar-refractivity contribution < 1.29 is 9.13 Å². The van der Waals surface area contributed by atoms with Gasteiger partial charge in [-0.25, -0.2) is 4.39 Å². The van der Waals surface area contributed by atoms with E-state index in [9.17, 15) is 4.39 Å². The van der Waals surface area contributed by atoms with Crippen molar-refractivity contribution in [3.05, 3.63) is 34.6 Å². The fourth-order valence-electron chi connectivity index (χ4n) is 2.11. The molecule has 1 aromatic carbocycles. The monoisotopic (exact) mass is 273 g/mol. The SMILES string of the molecule is CCCC(OC)C(Cc1ccc(Cl)cc1F)NC. The number of methoxy groups -OCH3 is 1. The van der Waals surface area contributed by atoms with E-state index < -0.39 is 0 Å². The van der Waals surface area contributed by atoms with E-state index in [1.807, 2.05) is 7.05 Å². The lowest BCUT2D eigenvalue weighted by atomic mass is 9.98. The molecule has 0 heterocycles. The lowest BCUT2D eigenvalue weighted by Crippen LogP contribution is -2.40. The Kier molecular flexibility index (Phi) is 6.61. The smallest absolute Gasteiger partial charge is 0.127 e. The number of nitrogens with one attached hydrogen (secondary N) is 1. The molecular weight excluding hydrogens is 253 g/mol. The van der Waals surface area contributed by atoms with Gasteiger partial charge in [0.15, 0.2) is 0 Å². The summed E-state index contributed by atoms with van der Waals surface area (Å²) >= 11 is 5.75. The molecular formula is C14H21ClFNO. The molecule has 0 radical (unpaired) electrons. The lowest BCUT2D eigenvalue weighted by Gasteiger charge is -2.25. The van der Waals surface area contributed by atoms with E-state index >= 15 is 0 Å². The third-order valence-corrected chi connectivity index (χ3v) is 3.39. The van der Waals surface area contributed by atoms with Gasteiger partial charge in [-0.15, -0.1) is 0 Å². The maximum absolute atomic E-state index is 13.7. The Bertz CT molecular complexity index is 373. The Labute approximate surface area is 113 Å². The molecule has 102 valence electrons. The van der Waals surface area contributed by atoms with Crippen molar-refractivity contribution in [1.82, 2.24) is 5.32 Å². The van der Waals surface area contributed by atoms with Crippen LogP contribution in [-0.2, 0) is 11.2 Å². The van der Waals surface area contributed by atoms with E-state index in [1.165, 1.54) is 6.07 Å². The summed E-state index contributed by atoms with van der Waals surface area (Å²) in [4.78, 5) is 0. The zero-order valence-electron chi connectivity index (χ0n) is 11.2. The van der Waals surface area contributed by atoms with Crippen molar-refractivity contribution in [2.45, 2.75) is 38.3 Å². The van der Waals surface area contributed by atoms with Gasteiger partial charge in [-0.05, 0) is 37.6 Å². The van der Waals surface area contributed by atoms with Crippen molar-refractivity contribution >= 4 is 11.6 Å². The summed E-state index contributed by atoms with van der Waals surface area (Å²) < 4.78 is 19.2. The Balaban J connectivity index is 2.78. The Hall–Kier alpha value is -0.640. The Morgan fingerprint density at radius 2 is 2.17 bits per heavy atom. The minimum Gasteiger partial charge on any atom is -0.380 e. The molecule has 0 fully saturated rings. The Morgan fingerprint density at radius 1 is 1.44 bits per heavy atom. The predicted molar refractivity (Wildman–Crippen MR) is 73.7 cm³/mol. The number of likely N-dealkylation sites (N-methyl/N-ethyl adjacent to an activating group) is 1. The molecule has 18 heavy (non-hydrogen) atoms. The summed E-state index contributed by atoms with van der Waals surface area (Å²) in [6, 6.07) is 4.91. The molecule has 2 nitrogen and oxygen atoms in total. The highest BCUT2D eigenvalue weighted by Gasteiger charge is 2.20. The molecule has 0 aliphatic rings. The van der Waals surface area contributed by atoms with E-state index in [4.69, 9.17) is 16.3 Å². The predicted octanol–water partition coefficient (Wildman–Crippen LogP) is 3.42. The topological polar surface area (TPSA) is 21.3 Å². The van der Waals surface area contributed by atoms with Crippen molar-refractivity contribution in [3.63, 3.8) is 0 Å². The molecule has 0 amide bonds. The lowest BCUT2D eigenvalue weighted by molar-refractivity contribution is 0.0631. The average molecular weight is 274 g/mol. The third-order valence-electron chi connectivity index (χ3n) is 3.15. The largest absolute Gasteiger partial charge is 0.380 e. The minimum absolute atomic E-state index is 0.0927. The van der Waals surface area contributed by atoms with Crippen LogP contribution in [0.2, 0.25) is 5.02 Å². The summed E-state index contributed by atoms with van der Waals surface area (Å²) in [5.41, 5.74) is 0.664. The molecule has 0 saturated carbocycles. The van der Waals surface area contributed by atoms with Crippen LogP contribution in [0, 0.1) is 5.82 Å². The first-order chi connectivity index (χ1) is 8.62. The second-order valence-electron chi connectivity index (χ2n) is 4.40. The standard InChI is InChI=1S/C14H21ClFNO/c1-4-5-14(18-3)13(17-2)8-10-6-7-11(15)9-12(10)16/h6-7,9,13-14,17H,4-5,8H2,1-3H3. The van der Waals surface area contributed by atoms with Gasteiger partial charge in [-0.2, -0.15) is 0 Å². The summed E-state index contributed by atoms with van der Waals surface area (Å²) in [5, 5.41) is 3.63. The quantitative estimate of drug-likeness (QED) is 0.822. The van der Waals surface area contributed by atoms with Gasteiger partial charge in [0.1, 0.15) is 5.82 Å². The molecule has 2 unspecified atom stereocenters. The van der Waals surface area contributed by atoms with Crippen LogP contribution in [0.3, 0.4) is 0 Å². The van der Waals surface area contributed by atoms with Gasteiger partial charge >= 0.3 is 0 Å². The first kappa shape index (κ1) is 15.4. The van der Waals surface area contributed by atoms with E-state index in [1.54, 1.807) is 19.2 Å². The van der Waals surface area contributed by atoms with Gasteiger partial charge in [-0.3, -0.25) is 0 Å². The van der Waals surface area contributed by atoms with E-state index in [2.05, 4.69) is 12.2 Å². The third kappa shape index (κ3) is 4.23. The first-order valence-electron chi connectivity index (χ1n) is 6.26. The highest BCUT2D eigenvalue weighted by molar-refractivity contribution is 6.30. The van der Waals surface area contributed by atoms with Crippen LogP contribution in [0.1, 0.15) is 25.3 Å². The Morgan fingerprint density at radius 3 is 2.67 bits per heavy atom. The van der Waals surface area contributed by atoms with E-state index in [-0.39, 0.29) is 18.0 Å². The molecule has 1 aromatic rings. The van der Waals surface area contributed by atoms with Crippen molar-refractivity contribution in [2.24, 2.45) is 0 Å². The fraction of sp³-hybridized carbons (Fsp3) is 0.571. The fourth-order valence-corrected chi connectivity index (χ4v) is 2.27. The van der Waals surface area contributed by atoms with Gasteiger partial charge in [-0.1, -0.05) is 31.0 Å². The maximum Gasteiger partial charge on any atom is 0.127 e. The second-order valence-corrected chi connectivity index (χ2v) is 4.83. The maximum atomic E-state index is 13.7. The molecule has 0 aromatic heterocycles. The molecule has 1 rings (SSSR count). The highest BCUT2D eigenvalue weighted by atomic mass is 35.5. The number of benzene rings is 1. The number of hydrogen-bond acceptors (Lipinski definition) is 2. The van der Waals surface area contributed by atoms with Crippen LogP contribution in [0.15, 0.2) is 18.2 Å². The summed E-state index contributed by atoms with van der Waals surface area (Å²) in [7, 11) is 3.57. The van der Waals surface area contributed by atoms with Crippen LogP contribution in [0.5, 0.6) is 0 Å². The zero-order valence-corrected chi connectivity index (χ0v) is 11.9. The summed E-state index contributed by atoms with van der Waals surface area (Å²) in [5.74, 6) is -0.255. The van der Waals surface area contributed by atoms with Crippen LogP contribution >= 0.6 is 11.6 Å². The van der Waals surface area contributed by atoms with E-state index in [0.717, 1.165) is 12.8 Å². The van der Waals surface area contributed by atoms with Crippen molar-refractivity contribution in [1.29, 1.82) is 0 Å². The van der Waals surface area contributed by atoms with E-state index in [0.29, 0.717) is 17.0 Å². The van der Waals surface area contributed by atoms with Crippen molar-refractivity contribution in [3.8, 4) is 0 Å². The molecule has 4 heteroatoms. The first-order valence-corrected chi connectivity index (χ1v) is 6.64. The van der Waals surface area contributed by atoms with Crippen LogP contribution < -0.4 is 5.32 Å². The van der Waals surface area contributed by atoms with Gasteiger partial charge < -0.3 is 10.1 Å². The van der Waals surface area contributed by atoms with Crippen LogP contribution in [0.25, 0.3) is 0 Å². The van der Waals surface area contributed by atoms with Crippen molar-refractivity contribution in [2.75, 3.05) is 14.2 Å². The van der Waals surface area contributed by atoms with Gasteiger partial charge in [0.25, 0.3) is 0 Å². The van der Waals surface area contributed by atoms with Gasteiger partial charge in [0.05, 0.1) is 6.10 Å². The molecule has 2 atom stereocenters. The van der Waals surface area contributed by atoms with Gasteiger partial charge in [0.2, 0.25) is 0 Å². The highest BCUT2D eigenvalue weighted by Crippen LogP contribution is 2.18. The normalized spacial score (nSPS) is 14.5. The number of rotatable bonds is 7. The van der Waals surface area contributed by atoms with Crippen LogP contribution in [0.4, 0.5) is 4.39 Å². The molecule has 0 aliphatic heterocycles. The van der Waals surface area contributed by atoms with Gasteiger partial charge in [0, 0.05) is 18.2 Å².